The molecule has 0 atom stereocenters. The third-order valence-corrected chi connectivity index (χ3v) is 3.63. The lowest BCUT2D eigenvalue weighted by Gasteiger charge is -2.18. The Morgan fingerprint density at radius 3 is 2.68 bits per heavy atom. The number of nitrogens with zero attached hydrogens (tertiary/aromatic N) is 1. The molecule has 1 heterocycles. The van der Waals surface area contributed by atoms with Gasteiger partial charge in [0, 0.05) is 24.7 Å². The van der Waals surface area contributed by atoms with Gasteiger partial charge in [0.2, 0.25) is 0 Å². The van der Waals surface area contributed by atoms with Crippen LogP contribution in [0.15, 0.2) is 30.5 Å². The summed E-state index contributed by atoms with van der Waals surface area (Å²) in [6.45, 7) is 9.81. The highest BCUT2D eigenvalue weighted by Crippen LogP contribution is 2.24. The molecule has 2 rings (SSSR count). The lowest BCUT2D eigenvalue weighted by atomic mass is 9.92. The first-order valence-corrected chi connectivity index (χ1v) is 7.29. The molecule has 0 saturated heterocycles. The number of nitrogens with one attached hydrogen (secondary N) is 1. The molecule has 2 aromatic rings. The zero-order chi connectivity index (χ0) is 13.9. The lowest BCUT2D eigenvalue weighted by molar-refractivity contribution is 0.365. The van der Waals surface area contributed by atoms with Gasteiger partial charge in [-0.25, -0.2) is 0 Å². The number of halogens is 1. The third-order valence-electron chi connectivity index (χ3n) is 3.32. The number of benzene rings is 1. The smallest absolute Gasteiger partial charge is 0.0670 e. The average Bonchev–Trinajstić information content (AvgIpc) is 2.72. The second-order valence-corrected chi connectivity index (χ2v) is 6.65. The van der Waals surface area contributed by atoms with Gasteiger partial charge in [0.25, 0.3) is 0 Å². The maximum absolute atomic E-state index is 6.26. The van der Waals surface area contributed by atoms with Gasteiger partial charge >= 0.3 is 0 Å². The largest absolute Gasteiger partial charge is 0.345 e. The van der Waals surface area contributed by atoms with E-state index in [0.717, 1.165) is 30.2 Å². The minimum absolute atomic E-state index is 0.399. The molecular weight excluding hydrogens is 256 g/mol. The Kier molecular flexibility index (Phi) is 4.54. The Hall–Kier alpha value is -0.990. The average molecular weight is 279 g/mol. The van der Waals surface area contributed by atoms with Gasteiger partial charge < -0.3 is 9.88 Å². The Morgan fingerprint density at radius 1 is 1.16 bits per heavy atom. The summed E-state index contributed by atoms with van der Waals surface area (Å²) in [6, 6.07) is 8.17. The van der Waals surface area contributed by atoms with Crippen molar-refractivity contribution in [1.82, 2.24) is 9.88 Å². The van der Waals surface area contributed by atoms with E-state index in [0.29, 0.717) is 5.41 Å². The maximum atomic E-state index is 6.26. The summed E-state index contributed by atoms with van der Waals surface area (Å²) in [5.74, 6) is 0. The van der Waals surface area contributed by atoms with Crippen LogP contribution in [-0.2, 0) is 6.54 Å². The van der Waals surface area contributed by atoms with Crippen molar-refractivity contribution in [2.24, 2.45) is 5.41 Å². The van der Waals surface area contributed by atoms with E-state index in [9.17, 15) is 0 Å². The van der Waals surface area contributed by atoms with Gasteiger partial charge in [-0.15, -0.1) is 0 Å². The van der Waals surface area contributed by atoms with Crippen LogP contribution in [0.5, 0.6) is 0 Å². The summed E-state index contributed by atoms with van der Waals surface area (Å²) in [6.07, 6.45) is 3.31. The zero-order valence-corrected chi connectivity index (χ0v) is 12.8. The van der Waals surface area contributed by atoms with E-state index in [1.807, 2.05) is 12.1 Å². The molecule has 0 aliphatic carbocycles. The molecule has 0 aliphatic rings. The molecule has 104 valence electrons. The monoisotopic (exact) mass is 278 g/mol. The number of aromatic nitrogens is 1. The van der Waals surface area contributed by atoms with Crippen LogP contribution in [0.2, 0.25) is 5.02 Å². The highest BCUT2D eigenvalue weighted by Gasteiger charge is 2.09. The van der Waals surface area contributed by atoms with Gasteiger partial charge in [-0.05, 0) is 30.5 Å². The molecule has 0 spiro atoms. The molecule has 0 aliphatic heterocycles. The summed E-state index contributed by atoms with van der Waals surface area (Å²) >= 11 is 6.26. The van der Waals surface area contributed by atoms with Crippen molar-refractivity contribution in [3.8, 4) is 0 Å². The fourth-order valence-corrected chi connectivity index (χ4v) is 2.48. The van der Waals surface area contributed by atoms with Crippen molar-refractivity contribution >= 4 is 22.5 Å². The predicted molar refractivity (Wildman–Crippen MR) is 83.9 cm³/mol. The molecule has 1 aromatic carbocycles. The van der Waals surface area contributed by atoms with Crippen molar-refractivity contribution in [1.29, 1.82) is 0 Å². The van der Waals surface area contributed by atoms with Crippen molar-refractivity contribution in [3.05, 3.63) is 35.5 Å². The molecule has 0 bridgehead atoms. The summed E-state index contributed by atoms with van der Waals surface area (Å²) in [7, 11) is 0. The van der Waals surface area contributed by atoms with Crippen LogP contribution in [0, 0.1) is 5.41 Å². The molecular formula is C16H23ClN2. The fourth-order valence-electron chi connectivity index (χ4n) is 2.19. The SMILES string of the molecule is CC(C)(C)CCNCCn1ccc2cccc(Cl)c21. The van der Waals surface area contributed by atoms with Crippen LogP contribution >= 0.6 is 11.6 Å². The van der Waals surface area contributed by atoms with Crippen LogP contribution in [0.1, 0.15) is 27.2 Å². The van der Waals surface area contributed by atoms with Crippen LogP contribution < -0.4 is 5.32 Å². The Bertz CT molecular complexity index is 537. The standard InChI is InChI=1S/C16H23ClN2/c1-16(2,3)8-9-18-10-12-19-11-7-13-5-4-6-14(17)15(13)19/h4-7,11,18H,8-10,12H2,1-3H3. The van der Waals surface area contributed by atoms with Crippen molar-refractivity contribution in [2.45, 2.75) is 33.7 Å². The normalized spacial score (nSPS) is 12.2. The van der Waals surface area contributed by atoms with E-state index in [2.05, 4.69) is 49.0 Å². The van der Waals surface area contributed by atoms with Gasteiger partial charge in [-0.2, -0.15) is 0 Å². The predicted octanol–water partition coefficient (Wildman–Crippen LogP) is 4.32. The molecule has 0 saturated carbocycles. The number of hydrogen-bond donors (Lipinski definition) is 1. The third kappa shape index (κ3) is 3.99. The molecule has 3 heteroatoms. The van der Waals surface area contributed by atoms with Gasteiger partial charge in [-0.1, -0.05) is 44.5 Å². The van der Waals surface area contributed by atoms with Crippen LogP contribution in [-0.4, -0.2) is 17.7 Å². The lowest BCUT2D eigenvalue weighted by Crippen LogP contribution is -2.24. The van der Waals surface area contributed by atoms with Gasteiger partial charge in [0.1, 0.15) is 0 Å². The number of hydrogen-bond acceptors (Lipinski definition) is 1. The van der Waals surface area contributed by atoms with Crippen LogP contribution in [0.4, 0.5) is 0 Å². The zero-order valence-electron chi connectivity index (χ0n) is 12.0. The highest BCUT2D eigenvalue weighted by molar-refractivity contribution is 6.35. The van der Waals surface area contributed by atoms with Crippen molar-refractivity contribution in [3.63, 3.8) is 0 Å². The van der Waals surface area contributed by atoms with Gasteiger partial charge in [-0.3, -0.25) is 0 Å². The maximum Gasteiger partial charge on any atom is 0.0670 e. The summed E-state index contributed by atoms with van der Waals surface area (Å²) in [5, 5.41) is 5.54. The second-order valence-electron chi connectivity index (χ2n) is 6.25. The molecule has 0 unspecified atom stereocenters. The Morgan fingerprint density at radius 2 is 1.95 bits per heavy atom. The summed E-state index contributed by atoms with van der Waals surface area (Å²) in [4.78, 5) is 0. The van der Waals surface area contributed by atoms with Gasteiger partial charge in [0.05, 0.1) is 10.5 Å². The molecule has 0 amide bonds. The number of para-hydroxylation sites is 1. The van der Waals surface area contributed by atoms with Crippen LogP contribution in [0.3, 0.4) is 0 Å². The van der Waals surface area contributed by atoms with Crippen LogP contribution in [0.25, 0.3) is 10.9 Å². The summed E-state index contributed by atoms with van der Waals surface area (Å²) in [5.41, 5.74) is 1.54. The minimum Gasteiger partial charge on any atom is -0.345 e. The first kappa shape index (κ1) is 14.4. The molecule has 1 N–H and O–H groups in total. The van der Waals surface area contributed by atoms with E-state index in [4.69, 9.17) is 11.6 Å². The highest BCUT2D eigenvalue weighted by atomic mass is 35.5. The molecule has 2 nitrogen and oxygen atoms in total. The van der Waals surface area contributed by atoms with E-state index < -0.39 is 0 Å². The van der Waals surface area contributed by atoms with E-state index in [-0.39, 0.29) is 0 Å². The fraction of sp³-hybridized carbons (Fsp3) is 0.500. The topological polar surface area (TPSA) is 17.0 Å². The molecule has 0 fully saturated rings. The number of fused-ring (bicyclic) bond motifs is 1. The van der Waals surface area contributed by atoms with E-state index in [1.165, 1.54) is 11.8 Å². The van der Waals surface area contributed by atoms with Crippen molar-refractivity contribution in [2.75, 3.05) is 13.1 Å². The quantitative estimate of drug-likeness (QED) is 0.806. The number of rotatable bonds is 5. The Labute approximate surface area is 120 Å². The Balaban J connectivity index is 1.89. The second kappa shape index (κ2) is 5.98. The molecule has 19 heavy (non-hydrogen) atoms. The summed E-state index contributed by atoms with van der Waals surface area (Å²) < 4.78 is 2.22. The van der Waals surface area contributed by atoms with Crippen molar-refractivity contribution < 1.29 is 0 Å². The minimum atomic E-state index is 0.399. The van der Waals surface area contributed by atoms with E-state index in [1.54, 1.807) is 0 Å². The van der Waals surface area contributed by atoms with Gasteiger partial charge in [0.15, 0.2) is 0 Å². The van der Waals surface area contributed by atoms with E-state index >= 15 is 0 Å². The first-order chi connectivity index (χ1) is 8.97. The molecule has 0 radical (unpaired) electrons. The first-order valence-electron chi connectivity index (χ1n) is 6.91. The molecule has 1 aromatic heterocycles.